The molecule has 1 amide bonds. The summed E-state index contributed by atoms with van der Waals surface area (Å²) in [6.45, 7) is 0. The van der Waals surface area contributed by atoms with E-state index in [0.717, 1.165) is 0 Å². The normalized spacial score (nSPS) is 18.7. The van der Waals surface area contributed by atoms with Crippen LogP contribution in [0.2, 0.25) is 0 Å². The Balaban J connectivity index is 1.82. The highest BCUT2D eigenvalue weighted by atomic mass is 32.2. The Bertz CT molecular complexity index is 779. The fraction of sp³-hybridized carbons (Fsp3) is 0.188. The van der Waals surface area contributed by atoms with Gasteiger partial charge in [-0.25, -0.2) is 8.42 Å². The predicted molar refractivity (Wildman–Crippen MR) is 91.7 cm³/mol. The first kappa shape index (κ1) is 16.0. The summed E-state index contributed by atoms with van der Waals surface area (Å²) in [6, 6.07) is 16.5. The molecule has 5 nitrogen and oxygen atoms in total. The Morgan fingerprint density at radius 1 is 1.04 bits per heavy atom. The Kier molecular flexibility index (Phi) is 4.70. The first-order chi connectivity index (χ1) is 11.1. The largest absolute Gasteiger partial charge is 0.325 e. The third kappa shape index (κ3) is 3.41. The van der Waals surface area contributed by atoms with Crippen LogP contribution in [0.5, 0.6) is 0 Å². The first-order valence-electron chi connectivity index (χ1n) is 7.09. The molecular weight excluding hydrogens is 332 g/mol. The van der Waals surface area contributed by atoms with Gasteiger partial charge in [-0.3, -0.25) is 4.79 Å². The van der Waals surface area contributed by atoms with Crippen molar-refractivity contribution in [3.63, 3.8) is 0 Å². The second-order valence-corrected chi connectivity index (χ2v) is 7.97. The van der Waals surface area contributed by atoms with Gasteiger partial charge in [0.15, 0.2) is 0 Å². The average molecular weight is 348 g/mol. The van der Waals surface area contributed by atoms with Crippen molar-refractivity contribution in [3.8, 4) is 0 Å². The van der Waals surface area contributed by atoms with Gasteiger partial charge in [0.05, 0.1) is 10.8 Å². The molecule has 23 heavy (non-hydrogen) atoms. The van der Waals surface area contributed by atoms with Crippen LogP contribution in [0.3, 0.4) is 0 Å². The van der Waals surface area contributed by atoms with Gasteiger partial charge < -0.3 is 5.32 Å². The molecule has 0 radical (unpaired) electrons. The number of hydrogen-bond acceptors (Lipinski definition) is 4. The standard InChI is InChI=1S/C16H16N2O3S2/c19-16(17-13-7-3-1-4-8-13)15-11-22-12-18(15)23(20,21)14-9-5-2-6-10-14/h1-10,15H,11-12H2,(H,17,19). The average Bonchev–Trinajstić information content (AvgIpc) is 3.07. The van der Waals surface area contributed by atoms with Crippen LogP contribution < -0.4 is 5.32 Å². The van der Waals surface area contributed by atoms with Crippen molar-refractivity contribution in [2.45, 2.75) is 10.9 Å². The Labute approximate surface area is 139 Å². The molecule has 1 unspecified atom stereocenters. The van der Waals surface area contributed by atoms with Crippen LogP contribution in [-0.4, -0.2) is 36.3 Å². The molecule has 1 aliphatic rings. The number of rotatable bonds is 4. The number of thioether (sulfide) groups is 1. The van der Waals surface area contributed by atoms with Crippen LogP contribution in [0.1, 0.15) is 0 Å². The number of carbonyl (C=O) groups excluding carboxylic acids is 1. The van der Waals surface area contributed by atoms with Gasteiger partial charge >= 0.3 is 0 Å². The minimum absolute atomic E-state index is 0.208. The summed E-state index contributed by atoms with van der Waals surface area (Å²) < 4.78 is 26.7. The number of nitrogens with zero attached hydrogens (tertiary/aromatic N) is 1. The summed E-state index contributed by atoms with van der Waals surface area (Å²) in [6.07, 6.45) is 0. The minimum Gasteiger partial charge on any atom is -0.325 e. The highest BCUT2D eigenvalue weighted by molar-refractivity contribution is 8.00. The number of hydrogen-bond donors (Lipinski definition) is 1. The molecule has 1 saturated heterocycles. The van der Waals surface area contributed by atoms with Crippen molar-refractivity contribution >= 4 is 33.4 Å². The fourth-order valence-electron chi connectivity index (χ4n) is 2.35. The van der Waals surface area contributed by atoms with Crippen LogP contribution in [0.15, 0.2) is 65.6 Å². The van der Waals surface area contributed by atoms with Crippen LogP contribution >= 0.6 is 11.8 Å². The Morgan fingerprint density at radius 3 is 2.30 bits per heavy atom. The molecule has 0 aliphatic carbocycles. The van der Waals surface area contributed by atoms with Gasteiger partial charge in [-0.15, -0.1) is 11.8 Å². The number of nitrogens with one attached hydrogen (secondary N) is 1. The molecule has 0 bridgehead atoms. The van der Waals surface area contributed by atoms with Crippen LogP contribution in [-0.2, 0) is 14.8 Å². The smallest absolute Gasteiger partial charge is 0.244 e. The van der Waals surface area contributed by atoms with Crippen molar-refractivity contribution < 1.29 is 13.2 Å². The van der Waals surface area contributed by atoms with E-state index < -0.39 is 16.1 Å². The maximum Gasteiger partial charge on any atom is 0.244 e. The third-order valence-corrected chi connectivity index (χ3v) is 6.58. The maximum absolute atomic E-state index is 12.7. The van der Waals surface area contributed by atoms with Crippen molar-refractivity contribution in [2.75, 3.05) is 16.9 Å². The molecule has 3 rings (SSSR count). The lowest BCUT2D eigenvalue weighted by atomic mass is 10.3. The zero-order chi connectivity index (χ0) is 16.3. The SMILES string of the molecule is O=C(Nc1ccccc1)C1CSCN1S(=O)(=O)c1ccccc1. The highest BCUT2D eigenvalue weighted by Gasteiger charge is 2.39. The first-order valence-corrected chi connectivity index (χ1v) is 9.69. The highest BCUT2D eigenvalue weighted by Crippen LogP contribution is 2.28. The molecule has 0 spiro atoms. The molecule has 120 valence electrons. The molecule has 2 aromatic rings. The van der Waals surface area contributed by atoms with Crippen molar-refractivity contribution in [1.29, 1.82) is 0 Å². The Hall–Kier alpha value is -1.83. The van der Waals surface area contributed by atoms with Crippen molar-refractivity contribution in [2.24, 2.45) is 0 Å². The van der Waals surface area contributed by atoms with Gasteiger partial charge in [-0.2, -0.15) is 4.31 Å². The molecule has 1 fully saturated rings. The van der Waals surface area contributed by atoms with E-state index in [0.29, 0.717) is 11.4 Å². The van der Waals surface area contributed by atoms with E-state index in [9.17, 15) is 13.2 Å². The molecule has 1 aliphatic heterocycles. The van der Waals surface area contributed by atoms with E-state index in [4.69, 9.17) is 0 Å². The van der Waals surface area contributed by atoms with Gasteiger partial charge in [-0.1, -0.05) is 36.4 Å². The van der Waals surface area contributed by atoms with E-state index in [2.05, 4.69) is 5.32 Å². The van der Waals surface area contributed by atoms with Gasteiger partial charge in [0.1, 0.15) is 6.04 Å². The van der Waals surface area contributed by atoms with Gasteiger partial charge in [-0.05, 0) is 24.3 Å². The van der Waals surface area contributed by atoms with Gasteiger partial charge in [0.25, 0.3) is 0 Å². The number of carbonyl (C=O) groups is 1. The van der Waals surface area contributed by atoms with E-state index in [1.165, 1.54) is 16.1 Å². The third-order valence-electron chi connectivity index (χ3n) is 3.54. The summed E-state index contributed by atoms with van der Waals surface area (Å²) in [5, 5.41) is 2.78. The lowest BCUT2D eigenvalue weighted by molar-refractivity contribution is -0.118. The summed E-state index contributed by atoms with van der Waals surface area (Å²) in [5.74, 6) is 0.426. The minimum atomic E-state index is -3.67. The molecule has 0 aromatic heterocycles. The molecular formula is C16H16N2O3S2. The second kappa shape index (κ2) is 6.74. The lowest BCUT2D eigenvalue weighted by Crippen LogP contribution is -2.44. The van der Waals surface area contributed by atoms with E-state index in [1.54, 1.807) is 42.5 Å². The van der Waals surface area contributed by atoms with Gasteiger partial charge in [0, 0.05) is 11.4 Å². The number of sulfonamides is 1. The molecule has 1 N–H and O–H groups in total. The summed E-state index contributed by atoms with van der Waals surface area (Å²) >= 11 is 1.44. The van der Waals surface area contributed by atoms with E-state index >= 15 is 0 Å². The maximum atomic E-state index is 12.7. The summed E-state index contributed by atoms with van der Waals surface area (Å²) in [7, 11) is -3.67. The van der Waals surface area contributed by atoms with Crippen LogP contribution in [0.4, 0.5) is 5.69 Å². The molecule has 7 heteroatoms. The van der Waals surface area contributed by atoms with Crippen molar-refractivity contribution in [1.82, 2.24) is 4.31 Å². The van der Waals surface area contributed by atoms with E-state index in [-0.39, 0.29) is 16.7 Å². The molecule has 1 atom stereocenters. The van der Waals surface area contributed by atoms with Crippen molar-refractivity contribution in [3.05, 3.63) is 60.7 Å². The molecule has 2 aromatic carbocycles. The zero-order valence-corrected chi connectivity index (χ0v) is 13.9. The Morgan fingerprint density at radius 2 is 1.65 bits per heavy atom. The van der Waals surface area contributed by atoms with E-state index in [1.807, 2.05) is 18.2 Å². The van der Waals surface area contributed by atoms with Crippen LogP contribution in [0.25, 0.3) is 0 Å². The number of benzene rings is 2. The second-order valence-electron chi connectivity index (χ2n) is 5.08. The fourth-order valence-corrected chi connectivity index (χ4v) is 5.52. The predicted octanol–water partition coefficient (Wildman–Crippen LogP) is 2.39. The summed E-state index contributed by atoms with van der Waals surface area (Å²) in [5.41, 5.74) is 0.659. The van der Waals surface area contributed by atoms with Gasteiger partial charge in [0.2, 0.25) is 15.9 Å². The topological polar surface area (TPSA) is 66.5 Å². The summed E-state index contributed by atoms with van der Waals surface area (Å²) in [4.78, 5) is 12.7. The molecule has 1 heterocycles. The van der Waals surface area contributed by atoms with Crippen LogP contribution in [0, 0.1) is 0 Å². The zero-order valence-electron chi connectivity index (χ0n) is 12.3. The molecule has 0 saturated carbocycles. The monoisotopic (exact) mass is 348 g/mol. The lowest BCUT2D eigenvalue weighted by Gasteiger charge is -2.22. The number of para-hydroxylation sites is 1. The number of amides is 1. The number of anilines is 1. The quantitative estimate of drug-likeness (QED) is 0.921.